The van der Waals surface area contributed by atoms with Crippen molar-refractivity contribution in [3.05, 3.63) is 18.1 Å². The molecule has 0 spiro atoms. The van der Waals surface area contributed by atoms with Gasteiger partial charge in [-0.05, 0) is 0 Å². The summed E-state index contributed by atoms with van der Waals surface area (Å²) in [5.41, 5.74) is 6.07. The van der Waals surface area contributed by atoms with Crippen LogP contribution in [0.2, 0.25) is 0 Å². The van der Waals surface area contributed by atoms with Crippen LogP contribution in [0.15, 0.2) is 12.4 Å². The molecule has 1 aromatic rings. The molecule has 1 aromatic heterocycles. The van der Waals surface area contributed by atoms with Crippen LogP contribution < -0.4 is 5.73 Å². The highest BCUT2D eigenvalue weighted by Crippen LogP contribution is 2.00. The van der Waals surface area contributed by atoms with Crippen molar-refractivity contribution in [2.24, 2.45) is 0 Å². The third-order valence-electron chi connectivity index (χ3n) is 1.70. The first-order chi connectivity index (χ1) is 7.26. The van der Waals surface area contributed by atoms with Gasteiger partial charge in [-0.2, -0.15) is 10.5 Å². The van der Waals surface area contributed by atoms with E-state index in [1.54, 1.807) is 4.90 Å². The molecule has 0 saturated heterocycles. The van der Waals surface area contributed by atoms with Gasteiger partial charge >= 0.3 is 0 Å². The summed E-state index contributed by atoms with van der Waals surface area (Å²) in [6, 6.07) is 3.97. The van der Waals surface area contributed by atoms with Crippen molar-refractivity contribution in [1.82, 2.24) is 14.9 Å². The van der Waals surface area contributed by atoms with Crippen LogP contribution in [-0.4, -0.2) is 28.0 Å². The molecule has 0 aliphatic rings. The Labute approximate surface area is 87.6 Å². The summed E-state index contributed by atoms with van der Waals surface area (Å²) >= 11 is 0. The molecule has 6 nitrogen and oxygen atoms in total. The molecule has 0 atom stereocenters. The number of nitrogen functional groups attached to an aromatic ring is 1. The fraction of sp³-hybridized carbons (Fsp3) is 0.333. The van der Waals surface area contributed by atoms with E-state index < -0.39 is 0 Å². The van der Waals surface area contributed by atoms with Gasteiger partial charge in [-0.1, -0.05) is 0 Å². The molecule has 0 saturated carbocycles. The lowest BCUT2D eigenvalue weighted by Crippen LogP contribution is -2.24. The Balaban J connectivity index is 2.62. The van der Waals surface area contributed by atoms with Crippen molar-refractivity contribution in [2.45, 2.75) is 6.54 Å². The van der Waals surface area contributed by atoms with Gasteiger partial charge in [0, 0.05) is 6.54 Å². The molecule has 0 radical (unpaired) electrons. The van der Waals surface area contributed by atoms with E-state index in [1.807, 2.05) is 12.1 Å². The number of hydrogen-bond donors (Lipinski definition) is 1. The normalized spacial score (nSPS) is 9.53. The first-order valence-corrected chi connectivity index (χ1v) is 4.29. The Hall–Kier alpha value is -2.18. The monoisotopic (exact) mass is 202 g/mol. The highest BCUT2D eigenvalue weighted by atomic mass is 15.1. The highest BCUT2D eigenvalue weighted by Gasteiger charge is 2.05. The summed E-state index contributed by atoms with van der Waals surface area (Å²) in [6.07, 6.45) is 2.99. The Morgan fingerprint density at radius 2 is 1.87 bits per heavy atom. The molecule has 2 N–H and O–H groups in total. The predicted octanol–water partition coefficient (Wildman–Crippen LogP) is -0.0920. The van der Waals surface area contributed by atoms with E-state index in [2.05, 4.69) is 9.97 Å². The van der Waals surface area contributed by atoms with E-state index in [-0.39, 0.29) is 13.1 Å². The zero-order valence-electron chi connectivity index (χ0n) is 8.09. The maximum atomic E-state index is 8.53. The van der Waals surface area contributed by atoms with Crippen LogP contribution in [0.25, 0.3) is 0 Å². The second kappa shape index (κ2) is 5.53. The minimum absolute atomic E-state index is 0.194. The third-order valence-corrected chi connectivity index (χ3v) is 1.70. The third kappa shape index (κ3) is 3.59. The molecule has 1 rings (SSSR count). The van der Waals surface area contributed by atoms with Crippen LogP contribution in [0.1, 0.15) is 5.69 Å². The minimum Gasteiger partial charge on any atom is -0.382 e. The Morgan fingerprint density at radius 3 is 2.33 bits per heavy atom. The Kier molecular flexibility index (Phi) is 4.02. The molecule has 0 aliphatic carbocycles. The van der Waals surface area contributed by atoms with Crippen LogP contribution in [-0.2, 0) is 6.54 Å². The maximum absolute atomic E-state index is 8.53. The fourth-order valence-corrected chi connectivity index (χ4v) is 1.04. The van der Waals surface area contributed by atoms with Crippen LogP contribution in [0.3, 0.4) is 0 Å². The largest absolute Gasteiger partial charge is 0.382 e. The first kappa shape index (κ1) is 10.9. The molecule has 0 bridgehead atoms. The van der Waals surface area contributed by atoms with Gasteiger partial charge in [0.1, 0.15) is 5.82 Å². The van der Waals surface area contributed by atoms with E-state index in [4.69, 9.17) is 16.3 Å². The van der Waals surface area contributed by atoms with Gasteiger partial charge in [-0.3, -0.25) is 9.88 Å². The SMILES string of the molecule is N#CCN(CC#N)Cc1cnc(N)cn1. The molecule has 6 heteroatoms. The van der Waals surface area contributed by atoms with Crippen molar-refractivity contribution in [3.63, 3.8) is 0 Å². The summed E-state index contributed by atoms with van der Waals surface area (Å²) in [5.74, 6) is 0.353. The lowest BCUT2D eigenvalue weighted by Gasteiger charge is -2.13. The lowest BCUT2D eigenvalue weighted by molar-refractivity contribution is 0.330. The van der Waals surface area contributed by atoms with E-state index in [9.17, 15) is 0 Å². The van der Waals surface area contributed by atoms with Crippen LogP contribution >= 0.6 is 0 Å². The highest BCUT2D eigenvalue weighted by molar-refractivity contribution is 5.22. The molecule has 76 valence electrons. The van der Waals surface area contributed by atoms with E-state index >= 15 is 0 Å². The molecule has 0 amide bonds. The summed E-state index contributed by atoms with van der Waals surface area (Å²) < 4.78 is 0. The fourth-order valence-electron chi connectivity index (χ4n) is 1.04. The standard InChI is InChI=1S/C9H10N6/c10-1-3-15(4-2-11)7-8-5-14-9(12)6-13-8/h5-6H,3-4,7H2,(H2,12,14). The molecule has 0 fully saturated rings. The van der Waals surface area contributed by atoms with Gasteiger partial charge in [-0.25, -0.2) is 4.98 Å². The van der Waals surface area contributed by atoms with Crippen molar-refractivity contribution in [3.8, 4) is 12.1 Å². The average Bonchev–Trinajstić information content (AvgIpc) is 2.22. The van der Waals surface area contributed by atoms with Crippen molar-refractivity contribution in [1.29, 1.82) is 10.5 Å². The number of nitrogens with two attached hydrogens (primary N) is 1. The molecule has 0 aromatic carbocycles. The van der Waals surface area contributed by atoms with Gasteiger partial charge in [0.05, 0.1) is 43.3 Å². The maximum Gasteiger partial charge on any atom is 0.141 e. The number of hydrogen-bond acceptors (Lipinski definition) is 6. The molecular formula is C9H10N6. The summed E-state index contributed by atoms with van der Waals surface area (Å²) in [5, 5.41) is 17.1. The van der Waals surface area contributed by atoms with Crippen LogP contribution in [0.5, 0.6) is 0 Å². The Bertz CT molecular complexity index is 369. The summed E-state index contributed by atoms with van der Waals surface area (Å²) in [6.45, 7) is 0.813. The summed E-state index contributed by atoms with van der Waals surface area (Å²) in [7, 11) is 0. The van der Waals surface area contributed by atoms with Gasteiger partial charge in [0.25, 0.3) is 0 Å². The van der Waals surface area contributed by atoms with E-state index in [1.165, 1.54) is 12.4 Å². The van der Waals surface area contributed by atoms with Gasteiger partial charge in [0.2, 0.25) is 0 Å². The molecule has 15 heavy (non-hydrogen) atoms. The van der Waals surface area contributed by atoms with Crippen molar-refractivity contribution < 1.29 is 0 Å². The average molecular weight is 202 g/mol. The summed E-state index contributed by atoms with van der Waals surface area (Å²) in [4.78, 5) is 9.58. The van der Waals surface area contributed by atoms with Crippen LogP contribution in [0, 0.1) is 22.7 Å². The number of anilines is 1. The van der Waals surface area contributed by atoms with E-state index in [0.717, 1.165) is 0 Å². The van der Waals surface area contributed by atoms with Gasteiger partial charge in [-0.15, -0.1) is 0 Å². The Morgan fingerprint density at radius 1 is 1.20 bits per heavy atom. The number of rotatable bonds is 4. The zero-order valence-corrected chi connectivity index (χ0v) is 8.09. The lowest BCUT2D eigenvalue weighted by atomic mass is 10.4. The number of aromatic nitrogens is 2. The molecular weight excluding hydrogens is 192 g/mol. The molecule has 0 unspecified atom stereocenters. The smallest absolute Gasteiger partial charge is 0.141 e. The molecule has 1 heterocycles. The molecule has 0 aliphatic heterocycles. The number of nitriles is 2. The van der Waals surface area contributed by atoms with E-state index in [0.29, 0.717) is 18.1 Å². The van der Waals surface area contributed by atoms with Gasteiger partial charge < -0.3 is 5.73 Å². The van der Waals surface area contributed by atoms with Crippen LogP contribution in [0.4, 0.5) is 5.82 Å². The predicted molar refractivity (Wildman–Crippen MR) is 52.9 cm³/mol. The topological polar surface area (TPSA) is 103 Å². The first-order valence-electron chi connectivity index (χ1n) is 4.29. The minimum atomic E-state index is 0.194. The number of nitrogens with zero attached hydrogens (tertiary/aromatic N) is 5. The van der Waals surface area contributed by atoms with Crippen molar-refractivity contribution in [2.75, 3.05) is 18.8 Å². The quantitative estimate of drug-likeness (QED) is 0.684. The second-order valence-corrected chi connectivity index (χ2v) is 2.89. The van der Waals surface area contributed by atoms with Crippen molar-refractivity contribution >= 4 is 5.82 Å². The second-order valence-electron chi connectivity index (χ2n) is 2.89. The zero-order chi connectivity index (χ0) is 11.1. The van der Waals surface area contributed by atoms with Gasteiger partial charge in [0.15, 0.2) is 0 Å².